The maximum atomic E-state index is 2.71. The zero-order chi connectivity index (χ0) is 39.6. The first-order chi connectivity index (χ1) is 29.4. The Morgan fingerprint density at radius 2 is 1.08 bits per heavy atom. The van der Waals surface area contributed by atoms with E-state index in [1.807, 2.05) is 0 Å². The molecule has 4 heteroatoms. The second kappa shape index (κ2) is 11.6. The highest BCUT2D eigenvalue weighted by Crippen LogP contribution is 2.69. The molecule has 60 heavy (non-hydrogen) atoms. The van der Waals surface area contributed by atoms with Gasteiger partial charge in [-0.3, -0.25) is 0 Å². The highest BCUT2D eigenvalue weighted by Gasteiger charge is 2.62. The second-order valence-corrected chi connectivity index (χ2v) is 20.2. The van der Waals surface area contributed by atoms with Gasteiger partial charge in [0, 0.05) is 50.3 Å². The molecule has 1 aromatic heterocycles. The van der Waals surface area contributed by atoms with Crippen LogP contribution >= 0.6 is 0 Å². The first-order valence-electron chi connectivity index (χ1n) is 22.6. The Labute approximate surface area is 353 Å². The molecule has 4 heterocycles. The van der Waals surface area contributed by atoms with Gasteiger partial charge in [-0.1, -0.05) is 112 Å². The topological polar surface area (TPSA) is 11.4 Å². The highest BCUT2D eigenvalue weighted by molar-refractivity contribution is 7.00. The molecule has 290 valence electrons. The molecule has 0 radical (unpaired) electrons. The van der Waals surface area contributed by atoms with Gasteiger partial charge in [-0.2, -0.15) is 0 Å². The molecule has 0 atom stereocenters. The monoisotopic (exact) mass is 773 g/mol. The highest BCUT2D eigenvalue weighted by atomic mass is 15.2. The molecule has 1 spiro atoms. The second-order valence-electron chi connectivity index (χ2n) is 20.2. The van der Waals surface area contributed by atoms with Gasteiger partial charge in [-0.15, -0.1) is 0 Å². The van der Waals surface area contributed by atoms with Gasteiger partial charge in [0.05, 0.1) is 16.7 Å². The lowest BCUT2D eigenvalue weighted by atomic mass is 9.32. The number of rotatable bonds is 2. The lowest BCUT2D eigenvalue weighted by molar-refractivity contribution is -0.0419. The van der Waals surface area contributed by atoms with Crippen molar-refractivity contribution >= 4 is 79.0 Å². The van der Waals surface area contributed by atoms with Crippen LogP contribution in [0.5, 0.6) is 0 Å². The van der Waals surface area contributed by atoms with E-state index < -0.39 is 0 Å². The number of nitrogens with zero attached hydrogens (tertiary/aromatic N) is 3. The van der Waals surface area contributed by atoms with Crippen molar-refractivity contribution in [1.82, 2.24) is 4.57 Å². The van der Waals surface area contributed by atoms with Crippen molar-refractivity contribution in [3.8, 4) is 5.69 Å². The fourth-order valence-corrected chi connectivity index (χ4v) is 14.2. The Bertz CT molecular complexity index is 3050. The summed E-state index contributed by atoms with van der Waals surface area (Å²) >= 11 is 0. The molecule has 4 saturated carbocycles. The van der Waals surface area contributed by atoms with Crippen LogP contribution in [0.2, 0.25) is 0 Å². The van der Waals surface area contributed by atoms with Crippen molar-refractivity contribution in [2.75, 3.05) is 9.80 Å². The Kier molecular flexibility index (Phi) is 6.55. The molecule has 3 nitrogen and oxygen atoms in total. The Morgan fingerprint density at radius 1 is 0.500 bits per heavy atom. The van der Waals surface area contributed by atoms with Crippen LogP contribution in [0.25, 0.3) is 27.5 Å². The van der Waals surface area contributed by atoms with Gasteiger partial charge in [0.1, 0.15) is 0 Å². The van der Waals surface area contributed by atoms with Crippen molar-refractivity contribution in [3.05, 3.63) is 168 Å². The Balaban J connectivity index is 0.999. The SMILES string of the molecule is CC(C)(C)c1ccc2c(c1)N(c1ccc(-n3c4ccccc4c4ccccc43)cc1)c1cccc3c1B2c1cccc2c1N3c1ccccc1C21C2CC3CC(C2)CC1C3. The smallest absolute Gasteiger partial charge is 0.252 e. The van der Waals surface area contributed by atoms with Gasteiger partial charge in [-0.05, 0) is 155 Å². The molecule has 7 aliphatic rings. The molecule has 8 aromatic rings. The van der Waals surface area contributed by atoms with Gasteiger partial charge in [0.25, 0.3) is 6.71 Å². The minimum atomic E-state index is 0.00799. The van der Waals surface area contributed by atoms with Crippen LogP contribution in [-0.2, 0) is 10.8 Å². The lowest BCUT2D eigenvalue weighted by Gasteiger charge is -2.64. The summed E-state index contributed by atoms with van der Waals surface area (Å²) in [5.74, 6) is 3.25. The predicted octanol–water partition coefficient (Wildman–Crippen LogP) is 12.2. The van der Waals surface area contributed by atoms with Crippen LogP contribution in [0.3, 0.4) is 0 Å². The zero-order valence-corrected chi connectivity index (χ0v) is 34.7. The summed E-state index contributed by atoms with van der Waals surface area (Å²) in [7, 11) is 0. The summed E-state index contributed by atoms with van der Waals surface area (Å²) in [6, 6.07) is 58.7. The third kappa shape index (κ3) is 4.18. The largest absolute Gasteiger partial charge is 0.311 e. The molecule has 0 amide bonds. The maximum Gasteiger partial charge on any atom is 0.252 e. The summed E-state index contributed by atoms with van der Waals surface area (Å²) in [5.41, 5.74) is 20.6. The fourth-order valence-electron chi connectivity index (χ4n) is 14.2. The average molecular weight is 774 g/mol. The first-order valence-corrected chi connectivity index (χ1v) is 22.6. The molecule has 4 aliphatic carbocycles. The van der Waals surface area contributed by atoms with Crippen LogP contribution in [-0.4, -0.2) is 11.3 Å². The molecular formula is C56H48BN3. The summed E-state index contributed by atoms with van der Waals surface area (Å²) in [6.07, 6.45) is 7.02. The zero-order valence-electron chi connectivity index (χ0n) is 34.7. The van der Waals surface area contributed by atoms with E-state index in [-0.39, 0.29) is 17.5 Å². The number of para-hydroxylation sites is 4. The number of benzene rings is 7. The van der Waals surface area contributed by atoms with Gasteiger partial charge < -0.3 is 14.4 Å². The Hall–Kier alpha value is -6.00. The van der Waals surface area contributed by atoms with Gasteiger partial charge in [-0.25, -0.2) is 0 Å². The molecule has 0 saturated heterocycles. The third-order valence-electron chi connectivity index (χ3n) is 16.3. The number of aromatic nitrogens is 1. The quantitative estimate of drug-likeness (QED) is 0.162. The third-order valence-corrected chi connectivity index (χ3v) is 16.3. The van der Waals surface area contributed by atoms with E-state index in [2.05, 4.69) is 187 Å². The minimum absolute atomic E-state index is 0.00799. The van der Waals surface area contributed by atoms with Gasteiger partial charge in [0.15, 0.2) is 0 Å². The molecule has 0 unspecified atom stereocenters. The lowest BCUT2D eigenvalue weighted by Crippen LogP contribution is -2.64. The fraction of sp³-hybridized carbons (Fsp3) is 0.250. The van der Waals surface area contributed by atoms with E-state index >= 15 is 0 Å². The van der Waals surface area contributed by atoms with E-state index in [9.17, 15) is 0 Å². The van der Waals surface area contributed by atoms with E-state index in [4.69, 9.17) is 0 Å². The van der Waals surface area contributed by atoms with Crippen molar-refractivity contribution in [2.45, 2.75) is 63.7 Å². The Morgan fingerprint density at radius 3 is 1.78 bits per heavy atom. The number of anilines is 6. The standard InChI is InChI=1S/C56H48BN3/c1-55(2,3)36-22-27-45-52(33-36)59(40-25-23-39(24-26-40)58-47-17-7-4-12-41(47)42-13-5-8-18-48(42)58)50-20-11-21-51-53(50)57(45)46-16-10-15-44-54(46)60(51)49-19-9-6-14-43(49)56(44)37-29-34-28-35(31-37)32-38(56)30-34/h4-27,33-35,37-38H,28-32H2,1-3H3. The van der Waals surface area contributed by atoms with Crippen LogP contribution in [0.15, 0.2) is 152 Å². The molecule has 15 rings (SSSR count). The van der Waals surface area contributed by atoms with Crippen molar-refractivity contribution in [3.63, 3.8) is 0 Å². The van der Waals surface area contributed by atoms with Gasteiger partial charge in [0.2, 0.25) is 0 Å². The molecular weight excluding hydrogens is 725 g/mol. The molecule has 7 aromatic carbocycles. The van der Waals surface area contributed by atoms with E-state index in [1.54, 1.807) is 11.1 Å². The average Bonchev–Trinajstić information content (AvgIpc) is 3.60. The van der Waals surface area contributed by atoms with Crippen LogP contribution < -0.4 is 26.2 Å². The van der Waals surface area contributed by atoms with Gasteiger partial charge >= 0.3 is 0 Å². The van der Waals surface area contributed by atoms with Crippen LogP contribution in [0.1, 0.15) is 69.6 Å². The summed E-state index contributed by atoms with van der Waals surface area (Å²) < 4.78 is 2.43. The molecule has 4 bridgehead atoms. The molecule has 3 aliphatic heterocycles. The predicted molar refractivity (Wildman–Crippen MR) is 251 cm³/mol. The molecule has 4 fully saturated rings. The van der Waals surface area contributed by atoms with Crippen LogP contribution in [0.4, 0.5) is 34.1 Å². The maximum absolute atomic E-state index is 2.71. The van der Waals surface area contributed by atoms with Crippen molar-refractivity contribution in [2.24, 2.45) is 23.7 Å². The summed E-state index contributed by atoms with van der Waals surface area (Å²) in [6.45, 7) is 7.19. The van der Waals surface area contributed by atoms with Crippen LogP contribution in [0, 0.1) is 23.7 Å². The molecule has 0 N–H and O–H groups in total. The first kappa shape index (κ1) is 33.8. The number of fused-ring (bicyclic) bond motifs is 9. The normalized spacial score (nSPS) is 23.9. The summed E-state index contributed by atoms with van der Waals surface area (Å²) in [5, 5.41) is 2.58. The van der Waals surface area contributed by atoms with Crippen molar-refractivity contribution in [1.29, 1.82) is 0 Å². The van der Waals surface area contributed by atoms with E-state index in [0.29, 0.717) is 11.8 Å². The number of hydrogen-bond donors (Lipinski definition) is 0. The van der Waals surface area contributed by atoms with Crippen molar-refractivity contribution < 1.29 is 0 Å². The van der Waals surface area contributed by atoms with E-state index in [0.717, 1.165) is 11.8 Å². The number of hydrogen-bond acceptors (Lipinski definition) is 2. The minimum Gasteiger partial charge on any atom is -0.311 e. The van der Waals surface area contributed by atoms with E-state index in [1.165, 1.54) is 116 Å². The summed E-state index contributed by atoms with van der Waals surface area (Å²) in [4.78, 5) is 5.29.